The van der Waals surface area contributed by atoms with E-state index >= 15 is 0 Å². The molecule has 20 heavy (non-hydrogen) atoms. The first kappa shape index (κ1) is 18.3. The Hall–Kier alpha value is 0.230. The molecule has 1 unspecified atom stereocenters. The molecule has 1 rings (SSSR count). The van der Waals surface area contributed by atoms with Gasteiger partial charge >= 0.3 is 0 Å². The van der Waals surface area contributed by atoms with Crippen LogP contribution in [-0.2, 0) is 4.74 Å². The molecule has 0 aromatic rings. The van der Waals surface area contributed by atoms with Crippen molar-refractivity contribution >= 4 is 11.8 Å². The van der Waals surface area contributed by atoms with Crippen molar-refractivity contribution < 1.29 is 4.74 Å². The minimum Gasteiger partial charge on any atom is -0.381 e. The van der Waals surface area contributed by atoms with E-state index in [4.69, 9.17) is 4.74 Å². The number of thioether (sulfide) groups is 1. The summed E-state index contributed by atoms with van der Waals surface area (Å²) in [6.45, 7) is 12.2. The lowest BCUT2D eigenvalue weighted by atomic mass is 9.79. The second-order valence-corrected chi connectivity index (χ2v) is 7.77. The zero-order valence-corrected chi connectivity index (χ0v) is 14.9. The standard InChI is InChI=1S/C16H34N2OS/c1-14(2)10-17-12-16(6-8-19-9-7-16)13-18(4)15(3)11-20-5/h14-15,17H,6-13H2,1-5H3. The van der Waals surface area contributed by atoms with E-state index in [0.29, 0.717) is 11.5 Å². The highest BCUT2D eigenvalue weighted by Crippen LogP contribution is 2.31. The Morgan fingerprint density at radius 2 is 1.90 bits per heavy atom. The van der Waals surface area contributed by atoms with Crippen LogP contribution in [-0.4, -0.2) is 62.8 Å². The molecule has 0 saturated carbocycles. The molecule has 1 N–H and O–H groups in total. The Labute approximate surface area is 130 Å². The van der Waals surface area contributed by atoms with E-state index in [0.717, 1.165) is 32.2 Å². The highest BCUT2D eigenvalue weighted by atomic mass is 32.2. The average Bonchev–Trinajstić information content (AvgIpc) is 2.39. The van der Waals surface area contributed by atoms with Gasteiger partial charge in [0.2, 0.25) is 0 Å². The molecule has 0 aromatic heterocycles. The lowest BCUT2D eigenvalue weighted by Gasteiger charge is -2.42. The van der Waals surface area contributed by atoms with Gasteiger partial charge in [0.15, 0.2) is 0 Å². The minimum atomic E-state index is 0.397. The average molecular weight is 303 g/mol. The van der Waals surface area contributed by atoms with Gasteiger partial charge in [0.25, 0.3) is 0 Å². The summed E-state index contributed by atoms with van der Waals surface area (Å²) in [7, 11) is 2.28. The van der Waals surface area contributed by atoms with E-state index in [2.05, 4.69) is 44.3 Å². The number of nitrogens with zero attached hydrogens (tertiary/aromatic N) is 1. The highest BCUT2D eigenvalue weighted by molar-refractivity contribution is 7.98. The first-order valence-corrected chi connectivity index (χ1v) is 9.36. The first-order chi connectivity index (χ1) is 9.49. The molecule has 1 saturated heterocycles. The Balaban J connectivity index is 2.53. The molecule has 1 aliphatic heterocycles. The lowest BCUT2D eigenvalue weighted by molar-refractivity contribution is -0.00455. The van der Waals surface area contributed by atoms with Crippen molar-refractivity contribution in [1.82, 2.24) is 10.2 Å². The fourth-order valence-electron chi connectivity index (χ4n) is 2.87. The fraction of sp³-hybridized carbons (Fsp3) is 1.00. The fourth-order valence-corrected chi connectivity index (χ4v) is 3.61. The molecule has 0 radical (unpaired) electrons. The van der Waals surface area contributed by atoms with Crippen molar-refractivity contribution in [2.45, 2.75) is 39.7 Å². The predicted molar refractivity (Wildman–Crippen MR) is 90.7 cm³/mol. The van der Waals surface area contributed by atoms with Crippen molar-refractivity contribution in [2.24, 2.45) is 11.3 Å². The van der Waals surface area contributed by atoms with Crippen LogP contribution in [0.1, 0.15) is 33.6 Å². The van der Waals surface area contributed by atoms with E-state index in [-0.39, 0.29) is 0 Å². The third kappa shape index (κ3) is 6.33. The second kappa shape index (κ2) is 9.29. The largest absolute Gasteiger partial charge is 0.381 e. The predicted octanol–water partition coefficient (Wildman–Crippen LogP) is 2.71. The van der Waals surface area contributed by atoms with Gasteiger partial charge in [-0.3, -0.25) is 0 Å². The molecule has 0 aromatic carbocycles. The molecule has 0 amide bonds. The minimum absolute atomic E-state index is 0.397. The molecule has 3 nitrogen and oxygen atoms in total. The van der Waals surface area contributed by atoms with Crippen molar-refractivity contribution in [1.29, 1.82) is 0 Å². The van der Waals surface area contributed by atoms with Crippen molar-refractivity contribution in [3.63, 3.8) is 0 Å². The van der Waals surface area contributed by atoms with Crippen LogP contribution in [0.2, 0.25) is 0 Å². The SMILES string of the molecule is CSCC(C)N(C)CC1(CNCC(C)C)CCOCC1. The van der Waals surface area contributed by atoms with Gasteiger partial charge in [0, 0.05) is 38.1 Å². The van der Waals surface area contributed by atoms with E-state index in [1.54, 1.807) is 0 Å². The highest BCUT2D eigenvalue weighted by Gasteiger charge is 2.34. The number of hydrogen-bond acceptors (Lipinski definition) is 4. The van der Waals surface area contributed by atoms with Crippen LogP contribution in [0.25, 0.3) is 0 Å². The molecule has 1 aliphatic rings. The maximum absolute atomic E-state index is 5.59. The molecule has 0 aliphatic carbocycles. The summed E-state index contributed by atoms with van der Waals surface area (Å²) in [6.07, 6.45) is 4.57. The van der Waals surface area contributed by atoms with Crippen molar-refractivity contribution in [3.8, 4) is 0 Å². The number of nitrogens with one attached hydrogen (secondary N) is 1. The van der Waals surface area contributed by atoms with Gasteiger partial charge in [0.1, 0.15) is 0 Å². The topological polar surface area (TPSA) is 24.5 Å². The quantitative estimate of drug-likeness (QED) is 0.708. The van der Waals surface area contributed by atoms with E-state index in [1.165, 1.54) is 25.1 Å². The number of rotatable bonds is 9. The van der Waals surface area contributed by atoms with Crippen LogP contribution in [0, 0.1) is 11.3 Å². The van der Waals surface area contributed by atoms with E-state index in [1.807, 2.05) is 11.8 Å². The van der Waals surface area contributed by atoms with E-state index < -0.39 is 0 Å². The van der Waals surface area contributed by atoms with Crippen LogP contribution in [0.4, 0.5) is 0 Å². The monoisotopic (exact) mass is 302 g/mol. The Bertz CT molecular complexity index is 255. The van der Waals surface area contributed by atoms with Crippen molar-refractivity contribution in [3.05, 3.63) is 0 Å². The Morgan fingerprint density at radius 3 is 2.45 bits per heavy atom. The van der Waals surface area contributed by atoms with Gasteiger partial charge < -0.3 is 15.0 Å². The molecule has 0 spiro atoms. The maximum Gasteiger partial charge on any atom is 0.0472 e. The van der Waals surface area contributed by atoms with Gasteiger partial charge in [0.05, 0.1) is 0 Å². The Morgan fingerprint density at radius 1 is 1.25 bits per heavy atom. The van der Waals surface area contributed by atoms with Crippen LogP contribution in [0.3, 0.4) is 0 Å². The summed E-state index contributed by atoms with van der Waals surface area (Å²) in [6, 6.07) is 0.648. The summed E-state index contributed by atoms with van der Waals surface area (Å²) >= 11 is 1.94. The van der Waals surface area contributed by atoms with Gasteiger partial charge in [-0.1, -0.05) is 13.8 Å². The van der Waals surface area contributed by atoms with Crippen LogP contribution in [0.15, 0.2) is 0 Å². The maximum atomic E-state index is 5.59. The number of hydrogen-bond donors (Lipinski definition) is 1. The third-order valence-electron chi connectivity index (χ3n) is 4.35. The number of ether oxygens (including phenoxy) is 1. The molecule has 1 atom stereocenters. The van der Waals surface area contributed by atoms with E-state index in [9.17, 15) is 0 Å². The summed E-state index contributed by atoms with van der Waals surface area (Å²) in [4.78, 5) is 2.54. The second-order valence-electron chi connectivity index (χ2n) is 6.86. The van der Waals surface area contributed by atoms with Gasteiger partial charge in [-0.25, -0.2) is 0 Å². The normalized spacial score (nSPS) is 20.6. The summed E-state index contributed by atoms with van der Waals surface area (Å²) < 4.78 is 5.59. The van der Waals surface area contributed by atoms with Gasteiger partial charge in [-0.2, -0.15) is 11.8 Å². The summed E-state index contributed by atoms with van der Waals surface area (Å²) in [5.74, 6) is 1.93. The lowest BCUT2D eigenvalue weighted by Crippen LogP contribution is -2.49. The van der Waals surface area contributed by atoms with Gasteiger partial charge in [-0.05, 0) is 50.9 Å². The molecule has 120 valence electrons. The Kier molecular flexibility index (Phi) is 8.49. The summed E-state index contributed by atoms with van der Waals surface area (Å²) in [5.41, 5.74) is 0.397. The molecular weight excluding hydrogens is 268 g/mol. The van der Waals surface area contributed by atoms with Crippen molar-refractivity contribution in [2.75, 3.05) is 51.9 Å². The van der Waals surface area contributed by atoms with Crippen LogP contribution >= 0.6 is 11.8 Å². The molecule has 1 fully saturated rings. The van der Waals surface area contributed by atoms with Crippen LogP contribution < -0.4 is 5.32 Å². The molecule has 1 heterocycles. The molecule has 0 bridgehead atoms. The third-order valence-corrected chi connectivity index (χ3v) is 5.17. The molecular formula is C16H34N2OS. The summed E-state index contributed by atoms with van der Waals surface area (Å²) in [5, 5.41) is 3.68. The zero-order valence-electron chi connectivity index (χ0n) is 14.1. The van der Waals surface area contributed by atoms with Gasteiger partial charge in [-0.15, -0.1) is 0 Å². The van der Waals surface area contributed by atoms with Crippen LogP contribution in [0.5, 0.6) is 0 Å². The zero-order chi connectivity index (χ0) is 15.0. The smallest absolute Gasteiger partial charge is 0.0472 e. The molecule has 4 heteroatoms. The first-order valence-electron chi connectivity index (χ1n) is 7.97.